The van der Waals surface area contributed by atoms with E-state index >= 15 is 0 Å². The number of hydrogen-bond donors (Lipinski definition) is 4. The fraction of sp³-hybridized carbons (Fsp3) is 0.400. The standard InChI is InChI=1S/C45H46N2O7/c1-51-39-19-26(7-14-38(39)50)43-40(52-23-47-27-4-2-3-5-27)21-35-34-20-33-29(24-6-13-36-25(18-24)16-17-46-36)10-11-30-37(49)15-12-31(41(30)33)42(34)45-32(44(35)54-43)9-8-28(22-48)53-45/h6-7,10-16,18-19,27-29,33,40,43,47-50H,2-5,8-9,17,20-23H2,1H3/t28-,29-,33-,40-,43-/m1/s1. The Morgan fingerprint density at radius 3 is 2.59 bits per heavy atom. The lowest BCUT2D eigenvalue weighted by molar-refractivity contribution is -0.0476. The van der Waals surface area contributed by atoms with Crippen LogP contribution in [0.15, 0.2) is 59.6 Å². The molecule has 3 aliphatic carbocycles. The summed E-state index contributed by atoms with van der Waals surface area (Å²) in [7, 11) is 1.56. The van der Waals surface area contributed by atoms with Crippen LogP contribution in [0.4, 0.5) is 0 Å². The van der Waals surface area contributed by atoms with Crippen molar-refractivity contribution in [1.82, 2.24) is 5.32 Å². The van der Waals surface area contributed by atoms with Crippen LogP contribution in [0.1, 0.15) is 89.0 Å². The fourth-order valence-corrected chi connectivity index (χ4v) is 10.0. The van der Waals surface area contributed by atoms with Crippen molar-refractivity contribution >= 4 is 12.2 Å². The Balaban J connectivity index is 1.13. The average Bonchev–Trinajstić information content (AvgIpc) is 3.91. The second kappa shape index (κ2) is 13.5. The summed E-state index contributed by atoms with van der Waals surface area (Å²) in [6.45, 7) is 1.05. The Labute approximate surface area is 314 Å². The van der Waals surface area contributed by atoms with E-state index in [1.165, 1.54) is 29.2 Å². The lowest BCUT2D eigenvalue weighted by atomic mass is 9.65. The second-order valence-corrected chi connectivity index (χ2v) is 15.7. The number of nitrogens with one attached hydrogen (secondary N) is 1. The molecule has 0 radical (unpaired) electrons. The number of benzene rings is 4. The van der Waals surface area contributed by atoms with E-state index in [1.54, 1.807) is 19.2 Å². The zero-order chi connectivity index (χ0) is 36.5. The van der Waals surface area contributed by atoms with Crippen molar-refractivity contribution in [2.45, 2.75) is 87.6 Å². The van der Waals surface area contributed by atoms with Crippen LogP contribution >= 0.6 is 0 Å². The number of rotatable bonds is 8. The van der Waals surface area contributed by atoms with Gasteiger partial charge in [-0.1, -0.05) is 49.3 Å². The van der Waals surface area contributed by atoms with Crippen molar-refractivity contribution in [2.24, 2.45) is 4.99 Å². The molecule has 5 atom stereocenters. The Bertz CT molecular complexity index is 2310. The highest BCUT2D eigenvalue weighted by molar-refractivity contribution is 5.88. The maximum absolute atomic E-state index is 11.2. The Kier molecular flexibility index (Phi) is 8.42. The van der Waals surface area contributed by atoms with Crippen LogP contribution in [-0.4, -0.2) is 60.6 Å². The third kappa shape index (κ3) is 5.50. The first-order chi connectivity index (χ1) is 26.5. The molecule has 1 fully saturated rings. The predicted octanol–water partition coefficient (Wildman–Crippen LogP) is 5.87. The van der Waals surface area contributed by atoms with Gasteiger partial charge in [-0.2, -0.15) is 0 Å². The Hall–Kier alpha value is -4.83. The van der Waals surface area contributed by atoms with Crippen molar-refractivity contribution in [3.63, 3.8) is 0 Å². The van der Waals surface area contributed by atoms with Crippen LogP contribution in [0.3, 0.4) is 0 Å². The largest absolute Gasteiger partial charge is 0.507 e. The number of phenolic OH excluding ortho intramolecular Hbond substituents is 2. The molecule has 9 heteroatoms. The third-order valence-corrected chi connectivity index (χ3v) is 12.7. The number of ether oxygens (including phenoxy) is 4. The van der Waals surface area contributed by atoms with Crippen molar-refractivity contribution < 1.29 is 34.3 Å². The van der Waals surface area contributed by atoms with Crippen molar-refractivity contribution in [1.29, 1.82) is 0 Å². The molecule has 278 valence electrons. The average molecular weight is 727 g/mol. The molecule has 3 heterocycles. The Morgan fingerprint density at radius 2 is 1.74 bits per heavy atom. The van der Waals surface area contributed by atoms with Gasteiger partial charge in [0.2, 0.25) is 0 Å². The zero-order valence-corrected chi connectivity index (χ0v) is 30.5. The molecular weight excluding hydrogens is 681 g/mol. The predicted molar refractivity (Wildman–Crippen MR) is 205 cm³/mol. The molecule has 3 aliphatic heterocycles. The van der Waals surface area contributed by atoms with E-state index in [4.69, 9.17) is 18.9 Å². The van der Waals surface area contributed by atoms with Crippen molar-refractivity contribution in [3.05, 3.63) is 104 Å². The van der Waals surface area contributed by atoms with Crippen LogP contribution in [0.2, 0.25) is 0 Å². The monoisotopic (exact) mass is 726 g/mol. The van der Waals surface area contributed by atoms with E-state index in [9.17, 15) is 15.3 Å². The summed E-state index contributed by atoms with van der Waals surface area (Å²) in [5.74, 6) is 2.47. The number of fused-ring (bicyclic) bond motifs is 8. The van der Waals surface area contributed by atoms with Gasteiger partial charge in [-0.25, -0.2) is 0 Å². The molecule has 6 aliphatic rings. The normalized spacial score (nSPS) is 24.5. The molecule has 0 amide bonds. The van der Waals surface area contributed by atoms with E-state index in [-0.39, 0.29) is 42.1 Å². The highest BCUT2D eigenvalue weighted by Crippen LogP contribution is 2.59. The van der Waals surface area contributed by atoms with Crippen molar-refractivity contribution in [2.75, 3.05) is 27.0 Å². The van der Waals surface area contributed by atoms with Gasteiger partial charge in [-0.3, -0.25) is 10.3 Å². The Morgan fingerprint density at radius 1 is 0.889 bits per heavy atom. The first-order valence-electron chi connectivity index (χ1n) is 19.5. The summed E-state index contributed by atoms with van der Waals surface area (Å²) < 4.78 is 26.3. The van der Waals surface area contributed by atoms with Crippen LogP contribution < -0.4 is 30.1 Å². The first kappa shape index (κ1) is 33.7. The summed E-state index contributed by atoms with van der Waals surface area (Å²) in [5.41, 5.74) is 9.52. The minimum absolute atomic E-state index is 0.0536. The maximum atomic E-state index is 11.2. The van der Waals surface area contributed by atoms with Gasteiger partial charge in [0, 0.05) is 40.6 Å². The number of hydrogen-bond acceptors (Lipinski definition) is 9. The number of aliphatic hydroxyl groups is 1. The molecule has 4 aromatic rings. The molecule has 54 heavy (non-hydrogen) atoms. The molecular formula is C45H46N2O7. The molecule has 4 aromatic carbocycles. The molecule has 10 rings (SSSR count). The van der Waals surface area contributed by atoms with Gasteiger partial charge in [0.1, 0.15) is 29.5 Å². The van der Waals surface area contributed by atoms with Gasteiger partial charge in [0.05, 0.1) is 32.3 Å². The van der Waals surface area contributed by atoms with E-state index in [0.29, 0.717) is 44.3 Å². The number of methoxy groups -OCH3 is 1. The summed E-state index contributed by atoms with van der Waals surface area (Å²) in [6.07, 6.45) is 12.9. The van der Waals surface area contributed by atoms with Crippen molar-refractivity contribution in [3.8, 4) is 39.9 Å². The molecule has 1 saturated carbocycles. The molecule has 0 unspecified atom stereocenters. The van der Waals surface area contributed by atoms with E-state index < -0.39 is 6.10 Å². The second-order valence-electron chi connectivity index (χ2n) is 15.7. The lowest BCUT2D eigenvalue weighted by Crippen LogP contribution is -2.39. The maximum Gasteiger partial charge on any atom is 0.160 e. The number of phenols is 2. The molecule has 4 N–H and O–H groups in total. The number of nitrogens with zero attached hydrogens (tertiary/aromatic N) is 1. The summed E-state index contributed by atoms with van der Waals surface area (Å²) >= 11 is 0. The summed E-state index contributed by atoms with van der Waals surface area (Å²) in [4.78, 5) is 4.63. The number of allylic oxidation sites excluding steroid dienone is 1. The number of aliphatic hydroxyl groups excluding tert-OH is 1. The van der Waals surface area contributed by atoms with Gasteiger partial charge in [-0.15, -0.1) is 0 Å². The van der Waals surface area contributed by atoms with Gasteiger partial charge in [0.15, 0.2) is 17.6 Å². The first-order valence-corrected chi connectivity index (χ1v) is 19.5. The van der Waals surface area contributed by atoms with Crippen LogP contribution in [0.5, 0.6) is 28.7 Å². The fourth-order valence-electron chi connectivity index (χ4n) is 10.0. The minimum Gasteiger partial charge on any atom is -0.507 e. The van der Waals surface area contributed by atoms with Gasteiger partial charge in [-0.05, 0) is 101 Å². The molecule has 0 saturated heterocycles. The highest BCUT2D eigenvalue weighted by Gasteiger charge is 2.44. The van der Waals surface area contributed by atoms with Gasteiger partial charge in [0.25, 0.3) is 0 Å². The lowest BCUT2D eigenvalue weighted by Gasteiger charge is -2.43. The smallest absolute Gasteiger partial charge is 0.160 e. The van der Waals surface area contributed by atoms with Crippen LogP contribution in [0.25, 0.3) is 23.3 Å². The summed E-state index contributed by atoms with van der Waals surface area (Å²) in [6, 6.07) is 16.3. The zero-order valence-electron chi connectivity index (χ0n) is 30.5. The minimum atomic E-state index is -0.465. The van der Waals surface area contributed by atoms with E-state index in [1.807, 2.05) is 12.1 Å². The highest BCUT2D eigenvalue weighted by atomic mass is 16.6. The SMILES string of the molecule is COc1cc([C@H]2Oc3c(c4c(c5c3CC[C@H](CO)O5)-c3ccc(O)c5c3[C@H](C4)[C@@H](c3ccc4c(c3)=CCN=4)C=C5)C[C@H]2OCNC2CCCC2)ccc1O. The topological polar surface area (TPSA) is 122 Å². The van der Waals surface area contributed by atoms with Gasteiger partial charge < -0.3 is 34.3 Å². The van der Waals surface area contributed by atoms with E-state index in [0.717, 1.165) is 75.1 Å². The number of aromatic hydroxyl groups is 2. The van der Waals surface area contributed by atoms with E-state index in [2.05, 4.69) is 52.8 Å². The molecule has 0 aromatic heterocycles. The molecule has 0 bridgehead atoms. The third-order valence-electron chi connectivity index (χ3n) is 12.7. The molecule has 0 spiro atoms. The van der Waals surface area contributed by atoms with Crippen LogP contribution in [-0.2, 0) is 24.0 Å². The summed E-state index contributed by atoms with van der Waals surface area (Å²) in [5, 5.41) is 38.0. The van der Waals surface area contributed by atoms with Crippen LogP contribution in [0, 0.1) is 0 Å². The quantitative estimate of drug-likeness (QED) is 0.166. The van der Waals surface area contributed by atoms with Gasteiger partial charge >= 0.3 is 0 Å². The molecule has 9 nitrogen and oxygen atoms in total.